The van der Waals surface area contributed by atoms with Gasteiger partial charge in [-0.3, -0.25) is 0 Å². The van der Waals surface area contributed by atoms with Crippen molar-refractivity contribution in [3.8, 4) is 5.75 Å². The average Bonchev–Trinajstić information content (AvgIpc) is 3.66. The molecule has 0 radical (unpaired) electrons. The largest absolute Gasteiger partial charge is 0.542 e. The van der Waals surface area contributed by atoms with Gasteiger partial charge in [-0.25, -0.2) is 9.59 Å². The molecule has 4 amide bonds. The second-order valence-corrected chi connectivity index (χ2v) is 12.3. The van der Waals surface area contributed by atoms with E-state index in [0.717, 1.165) is 45.9 Å². The topological polar surface area (TPSA) is 153 Å². The quantitative estimate of drug-likeness (QED) is 0.264. The molecule has 2 fully saturated rings. The third-order valence-electron chi connectivity index (χ3n) is 7.46. The number of aliphatic carboxylic acids is 1. The van der Waals surface area contributed by atoms with Gasteiger partial charge in [-0.1, -0.05) is 31.9 Å². The molecule has 45 heavy (non-hydrogen) atoms. The molecule has 0 aromatic heterocycles. The van der Waals surface area contributed by atoms with Crippen LogP contribution in [0.5, 0.6) is 5.75 Å². The summed E-state index contributed by atoms with van der Waals surface area (Å²) < 4.78 is 33.4. The Labute approximate surface area is 273 Å². The summed E-state index contributed by atoms with van der Waals surface area (Å²) in [5, 5.41) is 25.7. The predicted octanol–water partition coefficient (Wildman–Crippen LogP) is 5.83. The zero-order valence-electron chi connectivity index (χ0n) is 23.7. The van der Waals surface area contributed by atoms with Crippen molar-refractivity contribution in [1.82, 2.24) is 9.80 Å². The van der Waals surface area contributed by atoms with Crippen LogP contribution in [-0.4, -0.2) is 52.2 Å². The van der Waals surface area contributed by atoms with Gasteiger partial charge in [-0.15, -0.1) is 0 Å². The van der Waals surface area contributed by atoms with Crippen LogP contribution in [0.25, 0.3) is 0 Å². The van der Waals surface area contributed by atoms with Crippen LogP contribution < -0.4 is 21.5 Å². The number of rotatable bonds is 4. The molecule has 0 spiro atoms. The lowest BCUT2D eigenvalue weighted by molar-refractivity contribution is -0.344. The lowest BCUT2D eigenvalue weighted by atomic mass is 9.95. The SMILES string of the molecule is O=C([O-])C(F)(F)F.[NH3+]c1cc(O)c(C2CCCN2C(=O)Nc2ccc(Br)cc2)cc1C1CCCN1C(=O)Nc1ccc(Br)cc1. The van der Waals surface area contributed by atoms with Crippen molar-refractivity contribution in [2.24, 2.45) is 0 Å². The number of hydrogen-bond acceptors (Lipinski definition) is 5. The molecule has 5 rings (SSSR count). The van der Waals surface area contributed by atoms with Gasteiger partial charge in [0.05, 0.1) is 12.1 Å². The molecule has 2 atom stereocenters. The number of phenols is 1. The van der Waals surface area contributed by atoms with Gasteiger partial charge in [0.2, 0.25) is 0 Å². The fourth-order valence-electron chi connectivity index (χ4n) is 5.37. The second-order valence-electron chi connectivity index (χ2n) is 10.5. The number of aromatic hydroxyl groups is 1. The van der Waals surface area contributed by atoms with E-state index < -0.39 is 12.1 Å². The summed E-state index contributed by atoms with van der Waals surface area (Å²) in [6.07, 6.45) is -1.93. The highest BCUT2D eigenvalue weighted by atomic mass is 79.9. The normalized spacial score (nSPS) is 17.8. The number of anilines is 2. The van der Waals surface area contributed by atoms with Crippen molar-refractivity contribution in [3.63, 3.8) is 0 Å². The van der Waals surface area contributed by atoms with Crippen molar-refractivity contribution in [1.29, 1.82) is 0 Å². The van der Waals surface area contributed by atoms with Crippen molar-refractivity contribution < 1.29 is 43.5 Å². The maximum absolute atomic E-state index is 13.2. The number of carbonyl (C=O) groups is 3. The third-order valence-corrected chi connectivity index (χ3v) is 8.51. The van der Waals surface area contributed by atoms with Crippen molar-refractivity contribution in [3.05, 3.63) is 80.7 Å². The number of nitrogens with one attached hydrogen (secondary N) is 2. The molecule has 240 valence electrons. The van der Waals surface area contributed by atoms with Crippen LogP contribution in [-0.2, 0) is 4.79 Å². The zero-order chi connectivity index (χ0) is 32.9. The number of amides is 4. The van der Waals surface area contributed by atoms with Crippen molar-refractivity contribution in [2.75, 3.05) is 23.7 Å². The Morgan fingerprint density at radius 2 is 1.20 bits per heavy atom. The monoisotopic (exact) mass is 755 g/mol. The lowest BCUT2D eigenvalue weighted by Crippen LogP contribution is -2.43. The Hall–Kier alpha value is -3.82. The Balaban J connectivity index is 0.000000591. The van der Waals surface area contributed by atoms with E-state index in [9.17, 15) is 27.9 Å². The number of quaternary nitrogens is 1. The van der Waals surface area contributed by atoms with E-state index in [1.54, 1.807) is 11.0 Å². The number of likely N-dealkylation sites (tertiary alicyclic amines) is 2. The minimum absolute atomic E-state index is 0.121. The van der Waals surface area contributed by atoms with Crippen LogP contribution in [0.4, 0.5) is 39.8 Å². The Bertz CT molecular complexity index is 1440. The van der Waals surface area contributed by atoms with Gasteiger partial charge in [0.1, 0.15) is 17.4 Å². The highest BCUT2D eigenvalue weighted by molar-refractivity contribution is 9.10. The van der Waals surface area contributed by atoms with E-state index in [2.05, 4.69) is 48.2 Å². The average molecular weight is 757 g/mol. The van der Waals surface area contributed by atoms with Gasteiger partial charge in [-0.2, -0.15) is 13.2 Å². The first-order chi connectivity index (χ1) is 21.2. The van der Waals surface area contributed by atoms with Crippen LogP contribution in [0, 0.1) is 0 Å². The fourth-order valence-corrected chi connectivity index (χ4v) is 5.89. The third kappa shape index (κ3) is 8.67. The molecule has 2 aliphatic rings. The predicted molar refractivity (Wildman–Crippen MR) is 165 cm³/mol. The molecule has 2 aliphatic heterocycles. The van der Waals surface area contributed by atoms with Gasteiger partial charge >= 0.3 is 18.2 Å². The smallest absolute Gasteiger partial charge is 0.430 e. The first-order valence-electron chi connectivity index (χ1n) is 13.9. The Morgan fingerprint density at radius 1 is 0.800 bits per heavy atom. The summed E-state index contributed by atoms with van der Waals surface area (Å²) in [6, 6.07) is 17.7. The first kappa shape index (κ1) is 34.1. The van der Waals surface area contributed by atoms with Crippen LogP contribution in [0.2, 0.25) is 0 Å². The molecule has 2 heterocycles. The van der Waals surface area contributed by atoms with E-state index in [1.807, 2.05) is 59.5 Å². The number of benzene rings is 3. The number of nitrogens with zero attached hydrogens (tertiary/aromatic N) is 2. The van der Waals surface area contributed by atoms with E-state index in [4.69, 9.17) is 9.90 Å². The molecular formula is C30H30Br2F3N5O5. The second kappa shape index (κ2) is 14.5. The summed E-state index contributed by atoms with van der Waals surface area (Å²) in [4.78, 5) is 38.8. The van der Waals surface area contributed by atoms with Gasteiger partial charge in [0.15, 0.2) is 0 Å². The summed E-state index contributed by atoms with van der Waals surface area (Å²) >= 11 is 6.83. The molecule has 2 saturated heterocycles. The number of urea groups is 2. The van der Waals surface area contributed by atoms with Crippen LogP contribution in [0.3, 0.4) is 0 Å². The Kier molecular flexibility index (Phi) is 11.0. The highest BCUT2D eigenvalue weighted by Crippen LogP contribution is 2.43. The molecule has 0 bridgehead atoms. The summed E-state index contributed by atoms with van der Waals surface area (Å²) in [5.74, 6) is -2.89. The number of carbonyl (C=O) groups excluding carboxylic acids is 3. The maximum atomic E-state index is 13.2. The molecule has 10 nitrogen and oxygen atoms in total. The fraction of sp³-hybridized carbons (Fsp3) is 0.300. The molecule has 3 aromatic carbocycles. The number of halogens is 5. The van der Waals surface area contributed by atoms with Gasteiger partial charge in [0.25, 0.3) is 0 Å². The van der Waals surface area contributed by atoms with Gasteiger partial charge in [0, 0.05) is 50.6 Å². The molecule has 0 saturated carbocycles. The van der Waals surface area contributed by atoms with Crippen LogP contribution in [0.1, 0.15) is 48.9 Å². The van der Waals surface area contributed by atoms with Crippen molar-refractivity contribution >= 4 is 67.0 Å². The number of carboxylic acids is 1. The van der Waals surface area contributed by atoms with Crippen LogP contribution >= 0.6 is 31.9 Å². The molecule has 2 unspecified atom stereocenters. The Morgan fingerprint density at radius 3 is 1.60 bits per heavy atom. The highest BCUT2D eigenvalue weighted by Gasteiger charge is 2.36. The first-order valence-corrected chi connectivity index (χ1v) is 15.5. The molecule has 3 aromatic rings. The van der Waals surface area contributed by atoms with Gasteiger partial charge in [-0.05, 0) is 80.3 Å². The maximum Gasteiger partial charge on any atom is 0.430 e. The number of alkyl halides is 3. The minimum Gasteiger partial charge on any atom is -0.542 e. The summed E-state index contributed by atoms with van der Waals surface area (Å²) in [7, 11) is 0. The van der Waals surface area contributed by atoms with Gasteiger partial charge < -0.3 is 41.2 Å². The minimum atomic E-state index is -5.19. The molecule has 0 aliphatic carbocycles. The van der Waals surface area contributed by atoms with Crippen molar-refractivity contribution in [2.45, 2.75) is 43.9 Å². The molecular weight excluding hydrogens is 727 g/mol. The summed E-state index contributed by atoms with van der Waals surface area (Å²) in [5.41, 5.74) is 7.89. The standard InChI is InChI=1S/C28H29Br2N5O3.C2HF3O2/c29-17-5-9-19(10-6-17)32-27(37)34-13-1-3-24(34)21-15-22(26(36)16-23(21)31)25-4-2-14-35(25)28(38)33-20-11-7-18(30)8-12-20;3-2(4,5)1(6)7/h5-12,15-16,24-25,36H,1-4,13-14,31H2,(H,32,37)(H,33,38);(H,6,7). The number of carboxylic acid groups (broad SMARTS) is 1. The lowest BCUT2D eigenvalue weighted by Gasteiger charge is -2.29. The van der Waals surface area contributed by atoms with E-state index in [1.165, 1.54) is 0 Å². The van der Waals surface area contributed by atoms with E-state index >= 15 is 0 Å². The van der Waals surface area contributed by atoms with Crippen LogP contribution in [0.15, 0.2) is 69.6 Å². The number of hydrogen-bond donors (Lipinski definition) is 4. The molecule has 15 heteroatoms. The number of phenolic OH excluding ortho intramolecular Hbond substituents is 1. The molecule has 6 N–H and O–H groups in total. The van der Waals surface area contributed by atoms with E-state index in [0.29, 0.717) is 30.0 Å². The summed E-state index contributed by atoms with van der Waals surface area (Å²) in [6.45, 7) is 1.23. The zero-order valence-corrected chi connectivity index (χ0v) is 26.9. The van der Waals surface area contributed by atoms with E-state index in [-0.39, 0.29) is 29.9 Å².